The van der Waals surface area contributed by atoms with Gasteiger partial charge in [0, 0.05) is 0 Å². The van der Waals surface area contributed by atoms with Crippen molar-refractivity contribution in [3.8, 4) is 5.75 Å². The molecule has 94 valence electrons. The van der Waals surface area contributed by atoms with Crippen LogP contribution in [0.2, 0.25) is 0 Å². The molecule has 1 saturated carbocycles. The molecule has 0 spiro atoms. The molecule has 17 heavy (non-hydrogen) atoms. The van der Waals surface area contributed by atoms with Gasteiger partial charge in [-0.2, -0.15) is 8.78 Å². The van der Waals surface area contributed by atoms with Crippen LogP contribution in [-0.4, -0.2) is 28.8 Å². The van der Waals surface area contributed by atoms with Crippen LogP contribution in [0.5, 0.6) is 5.75 Å². The molecule has 1 aliphatic carbocycles. The van der Waals surface area contributed by atoms with Crippen LogP contribution < -0.4 is 10.1 Å². The predicted molar refractivity (Wildman–Crippen MR) is 58.1 cm³/mol. The summed E-state index contributed by atoms with van der Waals surface area (Å²) in [7, 11) is 0. The molecule has 2 unspecified atom stereocenters. The molecule has 1 heterocycles. The van der Waals surface area contributed by atoms with E-state index >= 15 is 0 Å². The fourth-order valence-electron chi connectivity index (χ4n) is 1.94. The summed E-state index contributed by atoms with van der Waals surface area (Å²) in [6.45, 7) is -2.84. The lowest BCUT2D eigenvalue weighted by atomic mass is 10.2. The molecule has 0 aliphatic heterocycles. The lowest BCUT2D eigenvalue weighted by molar-refractivity contribution is -0.0500. The van der Waals surface area contributed by atoms with Crippen LogP contribution >= 0.6 is 0 Å². The van der Waals surface area contributed by atoms with Crippen molar-refractivity contribution in [2.24, 2.45) is 0 Å². The zero-order valence-corrected chi connectivity index (χ0v) is 9.14. The standard InChI is InChI=1S/C11H14F2N2O2/c12-11(13)17-7-4-5-10(14-6-7)15-8-2-1-3-9(8)16/h4-6,8-9,11,16H,1-3H2,(H,14,15). The highest BCUT2D eigenvalue weighted by Crippen LogP contribution is 2.23. The molecule has 1 aromatic rings. The van der Waals surface area contributed by atoms with Crippen LogP contribution in [0, 0.1) is 0 Å². The first kappa shape index (κ1) is 12.0. The third kappa shape index (κ3) is 3.26. The van der Waals surface area contributed by atoms with Gasteiger partial charge >= 0.3 is 6.61 Å². The molecular formula is C11H14F2N2O2. The fourth-order valence-corrected chi connectivity index (χ4v) is 1.94. The number of aliphatic hydroxyl groups excluding tert-OH is 1. The van der Waals surface area contributed by atoms with Crippen molar-refractivity contribution < 1.29 is 18.6 Å². The van der Waals surface area contributed by atoms with Crippen molar-refractivity contribution in [3.05, 3.63) is 18.3 Å². The van der Waals surface area contributed by atoms with Gasteiger partial charge in [0.25, 0.3) is 0 Å². The van der Waals surface area contributed by atoms with Gasteiger partial charge in [-0.25, -0.2) is 4.98 Å². The number of ether oxygens (including phenoxy) is 1. The Hall–Kier alpha value is -1.43. The SMILES string of the molecule is OC1CCCC1Nc1ccc(OC(F)F)cn1. The van der Waals surface area contributed by atoms with Crippen LogP contribution in [0.3, 0.4) is 0 Å². The van der Waals surface area contributed by atoms with Gasteiger partial charge in [-0.15, -0.1) is 0 Å². The first-order valence-electron chi connectivity index (χ1n) is 5.50. The first-order valence-corrected chi connectivity index (χ1v) is 5.50. The van der Waals surface area contributed by atoms with Gasteiger partial charge in [-0.1, -0.05) is 0 Å². The summed E-state index contributed by atoms with van der Waals surface area (Å²) in [5, 5.41) is 12.7. The largest absolute Gasteiger partial charge is 0.433 e. The molecule has 1 aromatic heterocycles. The molecule has 1 aliphatic rings. The summed E-state index contributed by atoms with van der Waals surface area (Å²) in [6, 6.07) is 2.97. The van der Waals surface area contributed by atoms with Gasteiger partial charge < -0.3 is 15.2 Å². The minimum Gasteiger partial charge on any atom is -0.433 e. The van der Waals surface area contributed by atoms with E-state index in [1.165, 1.54) is 12.3 Å². The van der Waals surface area contributed by atoms with Gasteiger partial charge in [0.15, 0.2) is 0 Å². The maximum absolute atomic E-state index is 11.9. The van der Waals surface area contributed by atoms with Crippen LogP contribution in [0.15, 0.2) is 18.3 Å². The van der Waals surface area contributed by atoms with Crippen molar-refractivity contribution in [3.63, 3.8) is 0 Å². The summed E-state index contributed by atoms with van der Waals surface area (Å²) >= 11 is 0. The van der Waals surface area contributed by atoms with Crippen LogP contribution in [0.1, 0.15) is 19.3 Å². The monoisotopic (exact) mass is 244 g/mol. The predicted octanol–water partition coefficient (Wildman–Crippen LogP) is 2.01. The van der Waals surface area contributed by atoms with E-state index in [0.717, 1.165) is 19.3 Å². The van der Waals surface area contributed by atoms with E-state index in [1.54, 1.807) is 6.07 Å². The van der Waals surface area contributed by atoms with Crippen molar-refractivity contribution in [2.75, 3.05) is 5.32 Å². The number of rotatable bonds is 4. The Bertz CT molecular complexity index is 359. The quantitative estimate of drug-likeness (QED) is 0.850. The summed E-state index contributed by atoms with van der Waals surface area (Å²) in [5.74, 6) is 0.579. The Morgan fingerprint density at radius 2 is 2.24 bits per heavy atom. The number of anilines is 1. The van der Waals surface area contributed by atoms with E-state index in [4.69, 9.17) is 0 Å². The third-order valence-electron chi connectivity index (χ3n) is 2.77. The molecule has 2 atom stereocenters. The second-order valence-electron chi connectivity index (χ2n) is 4.01. The maximum atomic E-state index is 11.9. The average Bonchev–Trinajstić information content (AvgIpc) is 2.67. The van der Waals surface area contributed by atoms with Crippen molar-refractivity contribution in [1.82, 2.24) is 4.98 Å². The molecular weight excluding hydrogens is 230 g/mol. The maximum Gasteiger partial charge on any atom is 0.387 e. The van der Waals surface area contributed by atoms with Crippen molar-refractivity contribution >= 4 is 5.82 Å². The summed E-state index contributed by atoms with van der Waals surface area (Å²) in [4.78, 5) is 3.95. The normalized spacial score (nSPS) is 24.0. The average molecular weight is 244 g/mol. The van der Waals surface area contributed by atoms with Crippen LogP contribution in [0.4, 0.5) is 14.6 Å². The zero-order valence-electron chi connectivity index (χ0n) is 9.14. The van der Waals surface area contributed by atoms with Gasteiger partial charge in [0.2, 0.25) is 0 Å². The van der Waals surface area contributed by atoms with E-state index in [1.807, 2.05) is 0 Å². The summed E-state index contributed by atoms with van der Waals surface area (Å²) < 4.78 is 28.0. The van der Waals surface area contributed by atoms with Crippen molar-refractivity contribution in [2.45, 2.75) is 38.0 Å². The number of halogens is 2. The lowest BCUT2D eigenvalue weighted by Crippen LogP contribution is -2.28. The molecule has 0 bridgehead atoms. The molecule has 0 amide bonds. The topological polar surface area (TPSA) is 54.4 Å². The van der Waals surface area contributed by atoms with E-state index in [2.05, 4.69) is 15.0 Å². The second kappa shape index (κ2) is 5.27. The molecule has 0 radical (unpaired) electrons. The van der Waals surface area contributed by atoms with Crippen molar-refractivity contribution in [1.29, 1.82) is 0 Å². The zero-order chi connectivity index (χ0) is 12.3. The first-order chi connectivity index (χ1) is 8.15. The number of nitrogens with one attached hydrogen (secondary N) is 1. The number of hydrogen-bond donors (Lipinski definition) is 2. The van der Waals surface area contributed by atoms with E-state index < -0.39 is 6.61 Å². The molecule has 2 N–H and O–H groups in total. The van der Waals surface area contributed by atoms with Gasteiger partial charge in [0.05, 0.1) is 18.3 Å². The number of alkyl halides is 2. The lowest BCUT2D eigenvalue weighted by Gasteiger charge is -2.17. The number of hydrogen-bond acceptors (Lipinski definition) is 4. The number of aromatic nitrogens is 1. The number of pyridine rings is 1. The minimum absolute atomic E-state index is 0.00985. The number of aliphatic hydroxyl groups is 1. The van der Waals surface area contributed by atoms with Gasteiger partial charge in [0.1, 0.15) is 11.6 Å². The molecule has 2 rings (SSSR count). The Kier molecular flexibility index (Phi) is 3.73. The Labute approximate surface area is 97.6 Å². The Morgan fingerprint density at radius 1 is 1.41 bits per heavy atom. The smallest absolute Gasteiger partial charge is 0.387 e. The fraction of sp³-hybridized carbons (Fsp3) is 0.545. The van der Waals surface area contributed by atoms with E-state index in [-0.39, 0.29) is 17.9 Å². The van der Waals surface area contributed by atoms with Gasteiger partial charge in [-0.05, 0) is 31.4 Å². The van der Waals surface area contributed by atoms with Crippen LogP contribution in [-0.2, 0) is 0 Å². The minimum atomic E-state index is -2.84. The molecule has 6 heteroatoms. The second-order valence-corrected chi connectivity index (χ2v) is 4.01. The number of nitrogens with zero attached hydrogens (tertiary/aromatic N) is 1. The molecule has 4 nitrogen and oxygen atoms in total. The highest BCUT2D eigenvalue weighted by molar-refractivity contribution is 5.39. The Morgan fingerprint density at radius 3 is 2.76 bits per heavy atom. The Balaban J connectivity index is 1.93. The third-order valence-corrected chi connectivity index (χ3v) is 2.77. The summed E-state index contributed by atoms with van der Waals surface area (Å²) in [5.41, 5.74) is 0. The summed E-state index contributed by atoms with van der Waals surface area (Å²) in [6.07, 6.45) is 3.51. The van der Waals surface area contributed by atoms with Crippen LogP contribution in [0.25, 0.3) is 0 Å². The highest BCUT2D eigenvalue weighted by Gasteiger charge is 2.25. The molecule has 0 saturated heterocycles. The van der Waals surface area contributed by atoms with E-state index in [9.17, 15) is 13.9 Å². The molecule has 0 aromatic carbocycles. The molecule has 1 fully saturated rings. The van der Waals surface area contributed by atoms with E-state index in [0.29, 0.717) is 5.82 Å². The van der Waals surface area contributed by atoms with Gasteiger partial charge in [-0.3, -0.25) is 0 Å². The highest BCUT2D eigenvalue weighted by atomic mass is 19.3.